The number of rotatable bonds is 6. The number of hydrogen-bond donors (Lipinski definition) is 1. The van der Waals surface area contributed by atoms with Crippen LogP contribution in [-0.4, -0.2) is 34.2 Å². The lowest BCUT2D eigenvalue weighted by molar-refractivity contribution is -0.123. The van der Waals surface area contributed by atoms with E-state index in [1.54, 1.807) is 25.0 Å². The number of benzene rings is 2. The van der Waals surface area contributed by atoms with Crippen molar-refractivity contribution in [2.45, 2.75) is 18.7 Å². The monoisotopic (exact) mass is 395 g/mol. The number of primary amides is 1. The lowest BCUT2D eigenvalue weighted by atomic mass is 10.1. The third kappa shape index (κ3) is 4.61. The molecule has 2 amide bonds. The van der Waals surface area contributed by atoms with Crippen LogP contribution in [0, 0.1) is 0 Å². The number of thioether (sulfide) groups is 1. The summed E-state index contributed by atoms with van der Waals surface area (Å²) in [4.78, 5) is 30.5. The van der Waals surface area contributed by atoms with E-state index in [0.29, 0.717) is 17.4 Å². The summed E-state index contributed by atoms with van der Waals surface area (Å²) in [5, 5.41) is -0.0231. The van der Waals surface area contributed by atoms with Gasteiger partial charge in [-0.15, -0.1) is 0 Å². The van der Waals surface area contributed by atoms with Crippen LogP contribution in [0.4, 0.5) is 0 Å². The van der Waals surface area contributed by atoms with Gasteiger partial charge < -0.3 is 10.5 Å². The van der Waals surface area contributed by atoms with Crippen LogP contribution < -0.4 is 10.5 Å². The van der Waals surface area contributed by atoms with Crippen LogP contribution in [-0.2, 0) is 16.1 Å². The molecule has 1 aliphatic heterocycles. The molecule has 0 radical (unpaired) electrons. The molecular weight excluding hydrogens is 374 g/mol. The van der Waals surface area contributed by atoms with E-state index >= 15 is 0 Å². The van der Waals surface area contributed by atoms with Gasteiger partial charge in [-0.3, -0.25) is 14.5 Å². The minimum atomic E-state index is -0.495. The molecule has 1 aliphatic rings. The van der Waals surface area contributed by atoms with Crippen molar-refractivity contribution in [1.29, 1.82) is 0 Å². The molecular formula is C21H21N3O3S. The molecule has 0 bridgehead atoms. The quantitative estimate of drug-likeness (QED) is 0.762. The Morgan fingerprint density at radius 3 is 2.50 bits per heavy atom. The molecule has 2 N–H and O–H groups in total. The second-order valence-corrected chi connectivity index (χ2v) is 7.54. The lowest BCUT2D eigenvalue weighted by Crippen LogP contribution is -2.33. The molecule has 0 unspecified atom stereocenters. The molecule has 2 aromatic carbocycles. The Morgan fingerprint density at radius 2 is 1.89 bits per heavy atom. The first-order valence-electron chi connectivity index (χ1n) is 8.74. The summed E-state index contributed by atoms with van der Waals surface area (Å²) < 4.78 is 5.16. The van der Waals surface area contributed by atoms with Crippen molar-refractivity contribution in [2.24, 2.45) is 10.7 Å². The zero-order valence-corrected chi connectivity index (χ0v) is 16.5. The van der Waals surface area contributed by atoms with Crippen LogP contribution in [0.3, 0.4) is 0 Å². The number of methoxy groups -OCH3 is 1. The molecule has 0 aromatic heterocycles. The Kier molecular flexibility index (Phi) is 6.16. The maximum absolute atomic E-state index is 13.0. The highest BCUT2D eigenvalue weighted by atomic mass is 32.2. The lowest BCUT2D eigenvalue weighted by Gasteiger charge is -2.19. The van der Waals surface area contributed by atoms with E-state index in [0.717, 1.165) is 16.9 Å². The molecule has 1 atom stereocenters. The summed E-state index contributed by atoms with van der Waals surface area (Å²) in [7, 11) is 1.60. The zero-order valence-electron chi connectivity index (χ0n) is 15.7. The van der Waals surface area contributed by atoms with Crippen molar-refractivity contribution in [3.05, 3.63) is 71.4 Å². The maximum atomic E-state index is 13.0. The third-order valence-corrected chi connectivity index (χ3v) is 5.31. The normalized spacial score (nSPS) is 16.2. The van der Waals surface area contributed by atoms with Crippen molar-refractivity contribution in [2.75, 3.05) is 7.11 Å². The summed E-state index contributed by atoms with van der Waals surface area (Å²) in [5.74, 6) is 0.0758. The minimum absolute atomic E-state index is 0.209. The van der Waals surface area contributed by atoms with Gasteiger partial charge in [0, 0.05) is 0 Å². The van der Waals surface area contributed by atoms with Gasteiger partial charge in [-0.05, 0) is 36.3 Å². The second kappa shape index (κ2) is 8.75. The number of ether oxygens (including phenoxy) is 1. The van der Waals surface area contributed by atoms with Crippen LogP contribution >= 0.6 is 11.8 Å². The number of amidine groups is 1. The van der Waals surface area contributed by atoms with E-state index in [1.165, 1.54) is 11.8 Å². The predicted molar refractivity (Wildman–Crippen MR) is 112 cm³/mol. The molecule has 0 saturated heterocycles. The van der Waals surface area contributed by atoms with Crippen LogP contribution in [0.2, 0.25) is 0 Å². The van der Waals surface area contributed by atoms with Gasteiger partial charge in [-0.25, -0.2) is 4.99 Å². The molecule has 0 spiro atoms. The molecule has 144 valence electrons. The standard InChI is InChI=1S/C21H21N3O3S/c1-14(19(22)25)28-21-23-18(12-15-8-10-17(27-2)11-9-15)20(26)24(21)13-16-6-4-3-5-7-16/h3-12,14H,13H2,1-2H3,(H2,22,25)/b18-12-/t14-/m1/s1. The van der Waals surface area contributed by atoms with E-state index in [2.05, 4.69) is 4.99 Å². The van der Waals surface area contributed by atoms with Gasteiger partial charge in [0.05, 0.1) is 18.9 Å². The second-order valence-electron chi connectivity index (χ2n) is 6.24. The fourth-order valence-corrected chi connectivity index (χ4v) is 3.46. The molecule has 3 rings (SSSR count). The Morgan fingerprint density at radius 1 is 1.21 bits per heavy atom. The van der Waals surface area contributed by atoms with Crippen molar-refractivity contribution in [3.8, 4) is 5.75 Å². The summed E-state index contributed by atoms with van der Waals surface area (Å²) in [6, 6.07) is 17.0. The summed E-state index contributed by atoms with van der Waals surface area (Å²) in [6.45, 7) is 2.07. The van der Waals surface area contributed by atoms with Gasteiger partial charge in [0.25, 0.3) is 5.91 Å². The third-order valence-electron chi connectivity index (χ3n) is 4.20. The molecule has 0 aliphatic carbocycles. The minimum Gasteiger partial charge on any atom is -0.497 e. The van der Waals surface area contributed by atoms with Gasteiger partial charge in [0.2, 0.25) is 5.91 Å². The Balaban J connectivity index is 1.90. The zero-order chi connectivity index (χ0) is 20.1. The Bertz CT molecular complexity index is 924. The highest BCUT2D eigenvalue weighted by Crippen LogP contribution is 2.28. The van der Waals surface area contributed by atoms with Crippen molar-refractivity contribution in [3.63, 3.8) is 0 Å². The van der Waals surface area contributed by atoms with E-state index in [-0.39, 0.29) is 5.91 Å². The smallest absolute Gasteiger partial charge is 0.278 e. The van der Waals surface area contributed by atoms with Crippen molar-refractivity contribution < 1.29 is 14.3 Å². The molecule has 1 heterocycles. The molecule has 6 nitrogen and oxygen atoms in total. The van der Waals surface area contributed by atoms with Crippen molar-refractivity contribution in [1.82, 2.24) is 4.90 Å². The number of aliphatic imine (C=N–C) groups is 1. The van der Waals surface area contributed by atoms with Crippen LogP contribution in [0.15, 0.2) is 65.3 Å². The SMILES string of the molecule is COc1ccc(/C=C2\N=C(S[C@H](C)C(N)=O)N(Cc3ccccc3)C2=O)cc1. The summed E-state index contributed by atoms with van der Waals surface area (Å²) >= 11 is 1.19. The maximum Gasteiger partial charge on any atom is 0.278 e. The van der Waals surface area contributed by atoms with Gasteiger partial charge >= 0.3 is 0 Å². The van der Waals surface area contributed by atoms with Gasteiger partial charge in [0.1, 0.15) is 11.4 Å². The highest BCUT2D eigenvalue weighted by molar-refractivity contribution is 8.14. The Labute approximate surface area is 168 Å². The molecule has 28 heavy (non-hydrogen) atoms. The highest BCUT2D eigenvalue weighted by Gasteiger charge is 2.32. The number of nitrogens with two attached hydrogens (primary N) is 1. The molecule has 0 saturated carbocycles. The molecule has 0 fully saturated rings. The van der Waals surface area contributed by atoms with Gasteiger partial charge in [-0.2, -0.15) is 0 Å². The van der Waals surface area contributed by atoms with E-state index in [9.17, 15) is 9.59 Å². The average molecular weight is 395 g/mol. The summed E-state index contributed by atoms with van der Waals surface area (Å²) in [5.41, 5.74) is 7.52. The number of amides is 2. The fourth-order valence-electron chi connectivity index (χ4n) is 2.60. The van der Waals surface area contributed by atoms with Gasteiger partial charge in [0.15, 0.2) is 5.17 Å². The van der Waals surface area contributed by atoms with Crippen LogP contribution in [0.1, 0.15) is 18.1 Å². The first-order valence-corrected chi connectivity index (χ1v) is 9.62. The number of hydrogen-bond acceptors (Lipinski definition) is 5. The van der Waals surface area contributed by atoms with Crippen LogP contribution in [0.5, 0.6) is 5.75 Å². The molecule has 7 heteroatoms. The first-order chi connectivity index (χ1) is 13.5. The van der Waals surface area contributed by atoms with E-state index < -0.39 is 11.2 Å². The largest absolute Gasteiger partial charge is 0.497 e. The van der Waals surface area contributed by atoms with Crippen LogP contribution in [0.25, 0.3) is 6.08 Å². The van der Waals surface area contributed by atoms with E-state index in [1.807, 2.05) is 54.6 Å². The summed E-state index contributed by atoms with van der Waals surface area (Å²) in [6.07, 6.45) is 1.72. The number of nitrogens with zero attached hydrogens (tertiary/aromatic N) is 2. The predicted octanol–water partition coefficient (Wildman–Crippen LogP) is 3.04. The van der Waals surface area contributed by atoms with Crippen molar-refractivity contribution >= 4 is 34.8 Å². The Hall–Kier alpha value is -3.06. The van der Waals surface area contributed by atoms with E-state index in [4.69, 9.17) is 10.5 Å². The number of carbonyl (C=O) groups is 2. The first kappa shape index (κ1) is 19.7. The molecule has 2 aromatic rings. The number of carbonyl (C=O) groups excluding carboxylic acids is 2. The fraction of sp³-hybridized carbons (Fsp3) is 0.190. The van der Waals surface area contributed by atoms with Gasteiger partial charge in [-0.1, -0.05) is 54.2 Å². The topological polar surface area (TPSA) is 85.0 Å². The average Bonchev–Trinajstić information content (AvgIpc) is 2.98.